The lowest BCUT2D eigenvalue weighted by Gasteiger charge is -1.99. The van der Waals surface area contributed by atoms with E-state index >= 15 is 0 Å². The molecule has 3 nitrogen and oxygen atoms in total. The highest BCUT2D eigenvalue weighted by molar-refractivity contribution is 7.21. The minimum atomic E-state index is -0.00395. The first-order valence-corrected chi connectivity index (χ1v) is 6.48. The van der Waals surface area contributed by atoms with Gasteiger partial charge in [-0.25, -0.2) is 4.98 Å². The maximum Gasteiger partial charge on any atom is 0.171 e. The molecule has 1 aromatic carbocycles. The molecule has 0 unspecified atom stereocenters. The van der Waals surface area contributed by atoms with Crippen molar-refractivity contribution in [1.82, 2.24) is 4.98 Å². The minimum Gasteiger partial charge on any atom is -0.397 e. The van der Waals surface area contributed by atoms with Gasteiger partial charge in [-0.2, -0.15) is 0 Å². The Balaban J connectivity index is 2.42. The van der Waals surface area contributed by atoms with Crippen molar-refractivity contribution in [2.24, 2.45) is 0 Å². The van der Waals surface area contributed by atoms with Gasteiger partial charge >= 0.3 is 0 Å². The fraction of sp³-hybridized carbons (Fsp3) is 0.143. The molecule has 0 radical (unpaired) electrons. The number of nitrogens with two attached hydrogens (primary N) is 1. The summed E-state index contributed by atoms with van der Waals surface area (Å²) < 4.78 is 0. The van der Waals surface area contributed by atoms with Crippen molar-refractivity contribution >= 4 is 43.9 Å². The molecule has 0 atom stereocenters. The zero-order valence-corrected chi connectivity index (χ0v) is 11.0. The minimum absolute atomic E-state index is 0.00395. The molecule has 2 aromatic heterocycles. The number of carbonyl (C=O) groups is 1. The number of carbonyl (C=O) groups excluding carboxylic acids is 1. The quantitative estimate of drug-likeness (QED) is 0.677. The molecule has 2 heterocycles. The maximum absolute atomic E-state index is 11.5. The van der Waals surface area contributed by atoms with E-state index in [-0.39, 0.29) is 5.78 Å². The van der Waals surface area contributed by atoms with Gasteiger partial charge in [0.2, 0.25) is 0 Å². The first-order chi connectivity index (χ1) is 8.56. The van der Waals surface area contributed by atoms with Gasteiger partial charge in [0.1, 0.15) is 4.83 Å². The summed E-state index contributed by atoms with van der Waals surface area (Å²) in [7, 11) is 0. The van der Waals surface area contributed by atoms with Gasteiger partial charge in [0.25, 0.3) is 0 Å². The average Bonchev–Trinajstić information content (AvgIpc) is 2.64. The SMILES string of the molecule is CC(=O)c1sc2nc3ccc(C)cc3cc2c1N. The highest BCUT2D eigenvalue weighted by atomic mass is 32.1. The zero-order valence-electron chi connectivity index (χ0n) is 10.2. The van der Waals surface area contributed by atoms with Crippen LogP contribution >= 0.6 is 11.3 Å². The maximum atomic E-state index is 11.5. The number of nitrogen functional groups attached to an aromatic ring is 1. The monoisotopic (exact) mass is 256 g/mol. The van der Waals surface area contributed by atoms with E-state index in [1.807, 2.05) is 25.1 Å². The van der Waals surface area contributed by atoms with E-state index in [1.165, 1.54) is 23.8 Å². The van der Waals surface area contributed by atoms with Gasteiger partial charge < -0.3 is 5.73 Å². The molecule has 0 aliphatic carbocycles. The number of hydrogen-bond acceptors (Lipinski definition) is 4. The molecule has 0 saturated heterocycles. The van der Waals surface area contributed by atoms with Crippen LogP contribution in [0.3, 0.4) is 0 Å². The van der Waals surface area contributed by atoms with E-state index < -0.39 is 0 Å². The molecule has 3 aromatic rings. The number of nitrogens with zero attached hydrogens (tertiary/aromatic N) is 1. The number of pyridine rings is 1. The van der Waals surface area contributed by atoms with Crippen molar-refractivity contribution in [2.45, 2.75) is 13.8 Å². The number of aromatic nitrogens is 1. The van der Waals surface area contributed by atoms with Crippen molar-refractivity contribution in [1.29, 1.82) is 0 Å². The molecule has 0 fully saturated rings. The molecular formula is C14H12N2OS. The molecular weight excluding hydrogens is 244 g/mol. The Kier molecular flexibility index (Phi) is 2.35. The van der Waals surface area contributed by atoms with E-state index in [2.05, 4.69) is 11.1 Å². The number of ketones is 1. The number of aryl methyl sites for hydroxylation is 1. The number of rotatable bonds is 1. The van der Waals surface area contributed by atoms with Crippen LogP contribution in [0.5, 0.6) is 0 Å². The number of fused-ring (bicyclic) bond motifs is 2. The molecule has 3 rings (SSSR count). The zero-order chi connectivity index (χ0) is 12.9. The van der Waals surface area contributed by atoms with Crippen LogP contribution in [0.2, 0.25) is 0 Å². The van der Waals surface area contributed by atoms with Crippen LogP contribution in [0.15, 0.2) is 24.3 Å². The molecule has 0 aliphatic heterocycles. The van der Waals surface area contributed by atoms with Gasteiger partial charge in [-0.05, 0) is 25.1 Å². The Labute approximate surface area is 108 Å². The smallest absolute Gasteiger partial charge is 0.171 e. The Hall–Kier alpha value is -1.94. The first kappa shape index (κ1) is 11.2. The Morgan fingerprint density at radius 3 is 2.83 bits per heavy atom. The van der Waals surface area contributed by atoms with Gasteiger partial charge in [-0.3, -0.25) is 4.79 Å². The lowest BCUT2D eigenvalue weighted by atomic mass is 10.1. The molecule has 2 N–H and O–H groups in total. The van der Waals surface area contributed by atoms with Crippen molar-refractivity contribution in [3.63, 3.8) is 0 Å². The van der Waals surface area contributed by atoms with Crippen LogP contribution in [0.25, 0.3) is 21.1 Å². The standard InChI is InChI=1S/C14H12N2OS/c1-7-3-4-11-9(5-7)6-10-12(15)13(8(2)17)18-14(10)16-11/h3-6H,15H2,1-2H3. The van der Waals surface area contributed by atoms with Crippen molar-refractivity contribution < 1.29 is 4.79 Å². The van der Waals surface area contributed by atoms with Gasteiger partial charge in [-0.1, -0.05) is 11.6 Å². The fourth-order valence-corrected chi connectivity index (χ4v) is 3.06. The topological polar surface area (TPSA) is 56.0 Å². The third-order valence-corrected chi connectivity index (χ3v) is 4.20. The summed E-state index contributed by atoms with van der Waals surface area (Å²) in [6.45, 7) is 3.58. The second-order valence-corrected chi connectivity index (χ2v) is 5.44. The predicted octanol–water partition coefficient (Wildman–Crippen LogP) is 3.54. The summed E-state index contributed by atoms with van der Waals surface area (Å²) in [6.07, 6.45) is 0. The molecule has 0 spiro atoms. The summed E-state index contributed by atoms with van der Waals surface area (Å²) in [4.78, 5) is 17.5. The second kappa shape index (κ2) is 3.78. The molecule has 0 aliphatic rings. The highest BCUT2D eigenvalue weighted by Crippen LogP contribution is 2.34. The van der Waals surface area contributed by atoms with Crippen molar-refractivity contribution in [3.8, 4) is 0 Å². The number of Topliss-reactive ketones (excluding diaryl/α,β-unsaturated/α-hetero) is 1. The molecule has 4 heteroatoms. The molecule has 0 amide bonds. The van der Waals surface area contributed by atoms with Crippen molar-refractivity contribution in [2.75, 3.05) is 5.73 Å². The number of hydrogen-bond donors (Lipinski definition) is 1. The van der Waals surface area contributed by atoms with E-state index in [0.29, 0.717) is 10.6 Å². The Morgan fingerprint density at radius 2 is 2.11 bits per heavy atom. The van der Waals surface area contributed by atoms with Gasteiger partial charge in [0.15, 0.2) is 5.78 Å². The lowest BCUT2D eigenvalue weighted by Crippen LogP contribution is -1.93. The normalized spacial score (nSPS) is 11.2. The fourth-order valence-electron chi connectivity index (χ4n) is 2.08. The average molecular weight is 256 g/mol. The number of thiophene rings is 1. The van der Waals surface area contributed by atoms with Crippen LogP contribution in [0.1, 0.15) is 22.2 Å². The summed E-state index contributed by atoms with van der Waals surface area (Å²) in [6, 6.07) is 8.12. The Morgan fingerprint density at radius 1 is 1.33 bits per heavy atom. The van der Waals surface area contributed by atoms with Crippen LogP contribution in [0, 0.1) is 6.92 Å². The third kappa shape index (κ3) is 1.57. The predicted molar refractivity (Wildman–Crippen MR) is 76.3 cm³/mol. The van der Waals surface area contributed by atoms with Crippen molar-refractivity contribution in [3.05, 3.63) is 34.7 Å². The van der Waals surface area contributed by atoms with Crippen LogP contribution < -0.4 is 5.73 Å². The molecule has 0 saturated carbocycles. The van der Waals surface area contributed by atoms with E-state index in [9.17, 15) is 4.79 Å². The van der Waals surface area contributed by atoms with Gasteiger partial charge in [-0.15, -0.1) is 11.3 Å². The van der Waals surface area contributed by atoms with Gasteiger partial charge in [0.05, 0.1) is 16.1 Å². The highest BCUT2D eigenvalue weighted by Gasteiger charge is 2.14. The molecule has 0 bridgehead atoms. The van der Waals surface area contributed by atoms with E-state index in [0.717, 1.165) is 21.1 Å². The van der Waals surface area contributed by atoms with E-state index in [4.69, 9.17) is 5.73 Å². The molecule has 90 valence electrons. The lowest BCUT2D eigenvalue weighted by molar-refractivity contribution is 0.102. The van der Waals surface area contributed by atoms with Crippen LogP contribution in [-0.4, -0.2) is 10.8 Å². The second-order valence-electron chi connectivity index (χ2n) is 4.44. The largest absolute Gasteiger partial charge is 0.397 e. The van der Waals surface area contributed by atoms with Crippen LogP contribution in [0.4, 0.5) is 5.69 Å². The summed E-state index contributed by atoms with van der Waals surface area (Å²) in [5.74, 6) is -0.00395. The summed E-state index contributed by atoms with van der Waals surface area (Å²) in [5, 5.41) is 1.94. The number of benzene rings is 1. The summed E-state index contributed by atoms with van der Waals surface area (Å²) >= 11 is 1.37. The third-order valence-electron chi connectivity index (χ3n) is 2.99. The number of anilines is 1. The van der Waals surface area contributed by atoms with Gasteiger partial charge in [0, 0.05) is 17.7 Å². The Bertz CT molecular complexity index is 789. The first-order valence-electron chi connectivity index (χ1n) is 5.66. The van der Waals surface area contributed by atoms with Crippen LogP contribution in [-0.2, 0) is 0 Å². The summed E-state index contributed by atoms with van der Waals surface area (Å²) in [5.41, 5.74) is 8.69. The molecule has 18 heavy (non-hydrogen) atoms. The van der Waals surface area contributed by atoms with E-state index in [1.54, 1.807) is 0 Å².